The number of amides is 2. The van der Waals surface area contributed by atoms with Crippen LogP contribution in [-0.4, -0.2) is 48.1 Å². The van der Waals surface area contributed by atoms with Crippen molar-refractivity contribution in [3.8, 4) is 0 Å². The lowest BCUT2D eigenvalue weighted by molar-refractivity contribution is -0.137. The Labute approximate surface area is 165 Å². The van der Waals surface area contributed by atoms with E-state index in [1.54, 1.807) is 13.0 Å². The number of likely N-dealkylation sites (N-methyl/N-ethyl adjacent to an activating group) is 1. The third-order valence-electron chi connectivity index (χ3n) is 3.47. The van der Waals surface area contributed by atoms with Crippen LogP contribution in [-0.2, 0) is 6.18 Å². The summed E-state index contributed by atoms with van der Waals surface area (Å²) in [5, 5.41) is 7.37. The molecule has 0 unspecified atom stereocenters. The third-order valence-corrected chi connectivity index (χ3v) is 3.80. The van der Waals surface area contributed by atoms with Crippen LogP contribution in [0.25, 0.3) is 0 Å². The summed E-state index contributed by atoms with van der Waals surface area (Å²) in [6, 6.07) is 4.03. The van der Waals surface area contributed by atoms with Gasteiger partial charge in [-0.3, -0.25) is 5.32 Å². The highest BCUT2D eigenvalue weighted by atomic mass is 35.5. The summed E-state index contributed by atoms with van der Waals surface area (Å²) in [4.78, 5) is 22.4. The second-order valence-corrected chi connectivity index (χ2v) is 6.63. The first kappa shape index (κ1) is 21.7. The van der Waals surface area contributed by atoms with Gasteiger partial charge in [-0.1, -0.05) is 11.6 Å². The fourth-order valence-corrected chi connectivity index (χ4v) is 2.43. The Morgan fingerprint density at radius 2 is 1.89 bits per heavy atom. The summed E-state index contributed by atoms with van der Waals surface area (Å²) >= 11 is 5.56. The van der Waals surface area contributed by atoms with E-state index in [1.165, 1.54) is 6.07 Å². The molecule has 11 heteroatoms. The zero-order valence-corrected chi connectivity index (χ0v) is 16.2. The van der Waals surface area contributed by atoms with Crippen LogP contribution in [0, 0.1) is 6.92 Å². The Bertz CT molecular complexity index is 844. The summed E-state index contributed by atoms with van der Waals surface area (Å²) in [6.07, 6.45) is -4.63. The molecular weight excluding hydrogens is 397 g/mol. The standard InChI is InChI=1S/C17H20ClF3N6O/c1-10-8-14(22-6-7-27(2)3)25-15(23-10)26-16(28)24-11-4-5-13(18)12(9-11)17(19,20)21/h4-5,8-9H,6-7H2,1-3H3,(H3,22,23,24,25,26,28). The molecule has 0 saturated heterocycles. The van der Waals surface area contributed by atoms with Crippen LogP contribution in [0.4, 0.5) is 35.4 Å². The number of halogens is 4. The molecule has 152 valence electrons. The number of urea groups is 1. The maximum absolute atomic E-state index is 12.9. The van der Waals surface area contributed by atoms with Crippen LogP contribution in [0.15, 0.2) is 24.3 Å². The molecule has 0 saturated carbocycles. The molecule has 2 rings (SSSR count). The molecule has 3 N–H and O–H groups in total. The molecule has 2 amide bonds. The zero-order valence-electron chi connectivity index (χ0n) is 15.5. The van der Waals surface area contributed by atoms with Crippen molar-refractivity contribution in [3.63, 3.8) is 0 Å². The van der Waals surface area contributed by atoms with Crippen LogP contribution < -0.4 is 16.0 Å². The highest BCUT2D eigenvalue weighted by Gasteiger charge is 2.33. The van der Waals surface area contributed by atoms with Crippen LogP contribution in [0.1, 0.15) is 11.3 Å². The fraction of sp³-hybridized carbons (Fsp3) is 0.353. The van der Waals surface area contributed by atoms with E-state index < -0.39 is 22.8 Å². The lowest BCUT2D eigenvalue weighted by atomic mass is 10.2. The number of benzene rings is 1. The SMILES string of the molecule is Cc1cc(NCCN(C)C)nc(NC(=O)Nc2ccc(Cl)c(C(F)(F)F)c2)n1. The molecule has 0 aliphatic heterocycles. The Kier molecular flexibility index (Phi) is 7.03. The highest BCUT2D eigenvalue weighted by Crippen LogP contribution is 2.36. The smallest absolute Gasteiger partial charge is 0.369 e. The van der Waals surface area contributed by atoms with Gasteiger partial charge in [-0.25, -0.2) is 9.78 Å². The van der Waals surface area contributed by atoms with Crippen LogP contribution in [0.3, 0.4) is 0 Å². The maximum atomic E-state index is 12.9. The summed E-state index contributed by atoms with van der Waals surface area (Å²) < 4.78 is 38.7. The number of carbonyl (C=O) groups is 1. The van der Waals surface area contributed by atoms with E-state index in [0.717, 1.165) is 18.7 Å². The lowest BCUT2D eigenvalue weighted by Crippen LogP contribution is -2.23. The topological polar surface area (TPSA) is 82.2 Å². The average Bonchev–Trinajstić information content (AvgIpc) is 2.54. The summed E-state index contributed by atoms with van der Waals surface area (Å²) in [7, 11) is 3.87. The lowest BCUT2D eigenvalue weighted by Gasteiger charge is -2.13. The second-order valence-electron chi connectivity index (χ2n) is 6.22. The number of aryl methyl sites for hydroxylation is 1. The molecule has 7 nitrogen and oxygen atoms in total. The van der Waals surface area contributed by atoms with Gasteiger partial charge in [0.25, 0.3) is 0 Å². The number of anilines is 3. The van der Waals surface area contributed by atoms with E-state index in [2.05, 4.69) is 25.9 Å². The molecule has 2 aromatic rings. The van der Waals surface area contributed by atoms with Crippen molar-refractivity contribution in [2.75, 3.05) is 43.1 Å². The quantitative estimate of drug-likeness (QED) is 0.661. The van der Waals surface area contributed by atoms with Crippen molar-refractivity contribution in [3.05, 3.63) is 40.5 Å². The molecule has 0 radical (unpaired) electrons. The minimum Gasteiger partial charge on any atom is -0.369 e. The van der Waals surface area contributed by atoms with Crippen molar-refractivity contribution >= 4 is 35.1 Å². The van der Waals surface area contributed by atoms with Crippen molar-refractivity contribution in [2.24, 2.45) is 0 Å². The van der Waals surface area contributed by atoms with Crippen molar-refractivity contribution in [2.45, 2.75) is 13.1 Å². The molecule has 0 aliphatic carbocycles. The summed E-state index contributed by atoms with van der Waals surface area (Å²) in [6.45, 7) is 3.15. The molecule has 0 atom stereocenters. The van der Waals surface area contributed by atoms with E-state index in [0.29, 0.717) is 18.1 Å². The van der Waals surface area contributed by atoms with Crippen molar-refractivity contribution in [1.82, 2.24) is 14.9 Å². The van der Waals surface area contributed by atoms with E-state index in [9.17, 15) is 18.0 Å². The van der Waals surface area contributed by atoms with Gasteiger partial charge in [-0.2, -0.15) is 18.2 Å². The first-order valence-corrected chi connectivity index (χ1v) is 8.61. The van der Waals surface area contributed by atoms with Gasteiger partial charge < -0.3 is 15.5 Å². The molecule has 1 aromatic heterocycles. The fourth-order valence-electron chi connectivity index (χ4n) is 2.21. The number of hydrogen-bond donors (Lipinski definition) is 3. The number of rotatable bonds is 6. The Morgan fingerprint density at radius 1 is 1.18 bits per heavy atom. The van der Waals surface area contributed by atoms with E-state index in [1.807, 2.05) is 19.0 Å². The largest absolute Gasteiger partial charge is 0.417 e. The Hall–Kier alpha value is -2.59. The minimum atomic E-state index is -4.63. The molecule has 28 heavy (non-hydrogen) atoms. The highest BCUT2D eigenvalue weighted by molar-refractivity contribution is 6.31. The molecule has 1 aromatic carbocycles. The summed E-state index contributed by atoms with van der Waals surface area (Å²) in [5.41, 5.74) is -0.485. The second kappa shape index (κ2) is 9.07. The van der Waals surface area contributed by atoms with Crippen molar-refractivity contribution < 1.29 is 18.0 Å². The Balaban J connectivity index is 2.06. The van der Waals surface area contributed by atoms with Gasteiger partial charge >= 0.3 is 12.2 Å². The molecule has 0 bridgehead atoms. The molecule has 1 heterocycles. The summed E-state index contributed by atoms with van der Waals surface area (Å²) in [5.74, 6) is 0.547. The molecular formula is C17H20ClF3N6O. The number of alkyl halides is 3. The number of hydrogen-bond acceptors (Lipinski definition) is 5. The predicted molar refractivity (Wildman–Crippen MR) is 103 cm³/mol. The van der Waals surface area contributed by atoms with E-state index in [-0.39, 0.29) is 11.6 Å². The van der Waals surface area contributed by atoms with Gasteiger partial charge in [0.15, 0.2) is 0 Å². The third kappa shape index (κ3) is 6.54. The van der Waals surface area contributed by atoms with Gasteiger partial charge in [0.2, 0.25) is 5.95 Å². The maximum Gasteiger partial charge on any atom is 0.417 e. The number of aromatic nitrogens is 2. The van der Waals surface area contributed by atoms with E-state index >= 15 is 0 Å². The molecule has 0 aliphatic rings. The molecule has 0 fully saturated rings. The monoisotopic (exact) mass is 416 g/mol. The van der Waals surface area contributed by atoms with Crippen LogP contribution >= 0.6 is 11.6 Å². The minimum absolute atomic E-state index is 0.0230. The number of carbonyl (C=O) groups excluding carboxylic acids is 1. The van der Waals surface area contributed by atoms with Gasteiger partial charge in [0.1, 0.15) is 5.82 Å². The normalized spacial score (nSPS) is 11.4. The number of nitrogens with one attached hydrogen (secondary N) is 3. The van der Waals surface area contributed by atoms with Gasteiger partial charge in [-0.05, 0) is 39.2 Å². The predicted octanol–water partition coefficient (Wildman–Crippen LogP) is 4.07. The van der Waals surface area contributed by atoms with Crippen LogP contribution in [0.2, 0.25) is 5.02 Å². The number of nitrogens with zero attached hydrogens (tertiary/aromatic N) is 3. The first-order valence-electron chi connectivity index (χ1n) is 8.23. The van der Waals surface area contributed by atoms with Gasteiger partial charge in [0, 0.05) is 30.5 Å². The Morgan fingerprint density at radius 3 is 2.54 bits per heavy atom. The van der Waals surface area contributed by atoms with E-state index in [4.69, 9.17) is 11.6 Å². The van der Waals surface area contributed by atoms with Crippen LogP contribution in [0.5, 0.6) is 0 Å². The molecule has 0 spiro atoms. The zero-order chi connectivity index (χ0) is 20.9. The first-order chi connectivity index (χ1) is 13.0. The van der Waals surface area contributed by atoms with Gasteiger partial charge in [0.05, 0.1) is 10.6 Å². The van der Waals surface area contributed by atoms with Crippen molar-refractivity contribution in [1.29, 1.82) is 0 Å². The van der Waals surface area contributed by atoms with Gasteiger partial charge in [-0.15, -0.1) is 0 Å². The average molecular weight is 417 g/mol.